The Labute approximate surface area is 181 Å². The summed E-state index contributed by atoms with van der Waals surface area (Å²) in [6, 6.07) is 12.3. The number of aromatic nitrogens is 2. The molecule has 1 fully saturated rings. The number of anilines is 1. The second-order valence-electron chi connectivity index (χ2n) is 7.41. The molecule has 30 heavy (non-hydrogen) atoms. The lowest BCUT2D eigenvalue weighted by Gasteiger charge is -2.32. The maximum Gasteiger partial charge on any atom is 0.254 e. The molecule has 7 nitrogen and oxygen atoms in total. The van der Waals surface area contributed by atoms with Crippen LogP contribution in [0, 0.1) is 5.92 Å². The van der Waals surface area contributed by atoms with Crippen molar-refractivity contribution in [3.8, 4) is 0 Å². The van der Waals surface area contributed by atoms with Crippen molar-refractivity contribution in [2.45, 2.75) is 12.8 Å². The molecule has 1 aromatic carbocycles. The van der Waals surface area contributed by atoms with E-state index in [1.54, 1.807) is 30.3 Å². The third kappa shape index (κ3) is 4.00. The van der Waals surface area contributed by atoms with Gasteiger partial charge in [-0.05, 0) is 47.0 Å². The van der Waals surface area contributed by atoms with Crippen molar-refractivity contribution in [1.82, 2.24) is 14.5 Å². The topological polar surface area (TPSA) is 84.3 Å². The smallest absolute Gasteiger partial charge is 0.254 e. The molecule has 1 saturated heterocycles. The lowest BCUT2D eigenvalue weighted by atomic mass is 9.96. The molecule has 3 aromatic rings. The van der Waals surface area contributed by atoms with Crippen LogP contribution in [0.3, 0.4) is 0 Å². The average molecular weight is 469 g/mol. The van der Waals surface area contributed by atoms with Crippen LogP contribution >= 0.6 is 15.9 Å². The summed E-state index contributed by atoms with van der Waals surface area (Å²) < 4.78 is 2.36. The van der Waals surface area contributed by atoms with Gasteiger partial charge in [0, 0.05) is 42.3 Å². The Hall–Kier alpha value is -3.00. The molecule has 1 unspecified atom stereocenters. The van der Waals surface area contributed by atoms with E-state index in [9.17, 15) is 14.4 Å². The first-order chi connectivity index (χ1) is 14.4. The number of pyridine rings is 2. The Bertz CT molecular complexity index is 1170. The zero-order valence-electron chi connectivity index (χ0n) is 16.5. The molecule has 2 amide bonds. The predicted octanol–water partition coefficient (Wildman–Crippen LogP) is 3.19. The quantitative estimate of drug-likeness (QED) is 0.639. The molecule has 0 bridgehead atoms. The largest absolute Gasteiger partial charge is 0.338 e. The molecular formula is C22H21BrN4O3. The first kappa shape index (κ1) is 20.3. The van der Waals surface area contributed by atoms with Crippen LogP contribution in [-0.2, 0) is 11.8 Å². The summed E-state index contributed by atoms with van der Waals surface area (Å²) in [6.45, 7) is 0.868. The van der Waals surface area contributed by atoms with Gasteiger partial charge < -0.3 is 14.8 Å². The van der Waals surface area contributed by atoms with E-state index < -0.39 is 0 Å². The number of nitrogens with one attached hydrogen (secondary N) is 1. The molecule has 2 aromatic heterocycles. The standard InChI is InChI=1S/C22H21BrN4O3/c1-26-18-7-3-2-6-16(18)17(11-20(26)28)22(30)27-10-4-5-14(13-27)21(29)25-19-9-8-15(23)12-24-19/h2-3,6-9,11-12,14H,4-5,10,13H2,1H3,(H,24,25,29). The van der Waals surface area contributed by atoms with E-state index in [-0.39, 0.29) is 23.3 Å². The molecule has 1 aliphatic rings. The minimum atomic E-state index is -0.328. The van der Waals surface area contributed by atoms with E-state index in [1.165, 1.54) is 10.6 Å². The maximum absolute atomic E-state index is 13.3. The van der Waals surface area contributed by atoms with E-state index in [2.05, 4.69) is 26.2 Å². The van der Waals surface area contributed by atoms with Crippen LogP contribution in [-0.4, -0.2) is 39.4 Å². The maximum atomic E-state index is 13.3. The average Bonchev–Trinajstić information content (AvgIpc) is 2.77. The number of amides is 2. The number of aryl methyl sites for hydroxylation is 1. The summed E-state index contributed by atoms with van der Waals surface area (Å²) in [5.41, 5.74) is 0.856. The lowest BCUT2D eigenvalue weighted by Crippen LogP contribution is -2.44. The monoisotopic (exact) mass is 468 g/mol. The molecule has 8 heteroatoms. The third-order valence-corrected chi connectivity index (χ3v) is 5.91. The second kappa shape index (κ2) is 8.39. The van der Waals surface area contributed by atoms with Crippen LogP contribution in [0.4, 0.5) is 5.82 Å². The van der Waals surface area contributed by atoms with Crippen molar-refractivity contribution in [2.24, 2.45) is 13.0 Å². The number of nitrogens with zero attached hydrogens (tertiary/aromatic N) is 3. The minimum absolute atomic E-state index is 0.156. The highest BCUT2D eigenvalue weighted by Crippen LogP contribution is 2.23. The summed E-state index contributed by atoms with van der Waals surface area (Å²) in [7, 11) is 1.69. The van der Waals surface area contributed by atoms with Crippen molar-refractivity contribution in [1.29, 1.82) is 0 Å². The van der Waals surface area contributed by atoms with Crippen LogP contribution in [0.1, 0.15) is 23.2 Å². The fraction of sp³-hybridized carbons (Fsp3) is 0.273. The lowest BCUT2D eigenvalue weighted by molar-refractivity contribution is -0.121. The van der Waals surface area contributed by atoms with Gasteiger partial charge in [0.2, 0.25) is 5.91 Å². The van der Waals surface area contributed by atoms with Gasteiger partial charge in [-0.25, -0.2) is 4.98 Å². The highest BCUT2D eigenvalue weighted by atomic mass is 79.9. The van der Waals surface area contributed by atoms with Crippen molar-refractivity contribution in [2.75, 3.05) is 18.4 Å². The molecule has 1 N–H and O–H groups in total. The molecule has 0 saturated carbocycles. The minimum Gasteiger partial charge on any atom is -0.338 e. The first-order valence-corrected chi connectivity index (χ1v) is 10.5. The molecule has 0 radical (unpaired) electrons. The van der Waals surface area contributed by atoms with E-state index in [0.717, 1.165) is 16.3 Å². The van der Waals surface area contributed by atoms with Gasteiger partial charge in [0.1, 0.15) is 5.82 Å². The molecule has 1 aliphatic heterocycles. The highest BCUT2D eigenvalue weighted by molar-refractivity contribution is 9.10. The van der Waals surface area contributed by atoms with Gasteiger partial charge in [0.05, 0.1) is 17.0 Å². The van der Waals surface area contributed by atoms with Gasteiger partial charge in [-0.3, -0.25) is 14.4 Å². The number of benzene rings is 1. The first-order valence-electron chi connectivity index (χ1n) is 9.74. The summed E-state index contributed by atoms with van der Waals surface area (Å²) in [5.74, 6) is -0.227. The Balaban J connectivity index is 1.55. The number of hydrogen-bond acceptors (Lipinski definition) is 4. The molecule has 0 aliphatic carbocycles. The number of carbonyl (C=O) groups excluding carboxylic acids is 2. The van der Waals surface area contributed by atoms with Gasteiger partial charge in [0.25, 0.3) is 11.5 Å². The Morgan fingerprint density at radius 1 is 1.20 bits per heavy atom. The van der Waals surface area contributed by atoms with Crippen molar-refractivity contribution in [3.63, 3.8) is 0 Å². The van der Waals surface area contributed by atoms with E-state index in [1.807, 2.05) is 24.3 Å². The molecular weight excluding hydrogens is 448 g/mol. The summed E-state index contributed by atoms with van der Waals surface area (Å²) in [6.07, 6.45) is 3.04. The number of rotatable bonds is 3. The van der Waals surface area contributed by atoms with Crippen LogP contribution in [0.2, 0.25) is 0 Å². The van der Waals surface area contributed by atoms with Crippen molar-refractivity contribution in [3.05, 3.63) is 69.1 Å². The SMILES string of the molecule is Cn1c(=O)cc(C(=O)N2CCCC(C(=O)Nc3ccc(Br)cn3)C2)c2ccccc21. The highest BCUT2D eigenvalue weighted by Gasteiger charge is 2.30. The number of para-hydroxylation sites is 1. The number of piperidine rings is 1. The zero-order chi connectivity index (χ0) is 21.3. The van der Waals surface area contributed by atoms with Gasteiger partial charge in [-0.1, -0.05) is 18.2 Å². The predicted molar refractivity (Wildman–Crippen MR) is 118 cm³/mol. The van der Waals surface area contributed by atoms with Gasteiger partial charge in [0.15, 0.2) is 0 Å². The van der Waals surface area contributed by atoms with Gasteiger partial charge in [-0.2, -0.15) is 0 Å². The summed E-state index contributed by atoms with van der Waals surface area (Å²) >= 11 is 3.32. The molecule has 1 atom stereocenters. The third-order valence-electron chi connectivity index (χ3n) is 5.44. The zero-order valence-corrected chi connectivity index (χ0v) is 18.1. The fourth-order valence-corrected chi connectivity index (χ4v) is 4.05. The van der Waals surface area contributed by atoms with Crippen LogP contribution in [0.5, 0.6) is 0 Å². The second-order valence-corrected chi connectivity index (χ2v) is 8.33. The number of carbonyl (C=O) groups is 2. The van der Waals surface area contributed by atoms with E-state index in [4.69, 9.17) is 0 Å². The molecule has 3 heterocycles. The number of likely N-dealkylation sites (tertiary alicyclic amines) is 1. The van der Waals surface area contributed by atoms with E-state index >= 15 is 0 Å². The van der Waals surface area contributed by atoms with Gasteiger partial charge in [-0.15, -0.1) is 0 Å². The normalized spacial score (nSPS) is 16.5. The molecule has 4 rings (SSSR count). The Morgan fingerprint density at radius 2 is 2.00 bits per heavy atom. The number of halogens is 1. The van der Waals surface area contributed by atoms with Crippen LogP contribution in [0.25, 0.3) is 10.9 Å². The molecule has 154 valence electrons. The van der Waals surface area contributed by atoms with Crippen molar-refractivity contribution >= 4 is 44.5 Å². The number of fused-ring (bicyclic) bond motifs is 1. The summed E-state index contributed by atoms with van der Waals surface area (Å²) in [4.78, 5) is 44.2. The van der Waals surface area contributed by atoms with Crippen LogP contribution < -0.4 is 10.9 Å². The Morgan fingerprint density at radius 3 is 2.77 bits per heavy atom. The van der Waals surface area contributed by atoms with Gasteiger partial charge >= 0.3 is 0 Å². The fourth-order valence-electron chi connectivity index (χ4n) is 3.81. The van der Waals surface area contributed by atoms with E-state index in [0.29, 0.717) is 36.4 Å². The van der Waals surface area contributed by atoms with Crippen molar-refractivity contribution < 1.29 is 9.59 Å². The number of hydrogen-bond donors (Lipinski definition) is 1. The van der Waals surface area contributed by atoms with Crippen LogP contribution in [0.15, 0.2) is 57.9 Å². The molecule has 0 spiro atoms. The summed E-state index contributed by atoms with van der Waals surface area (Å²) in [5, 5.41) is 3.55. The Kier molecular flexibility index (Phi) is 5.67.